The van der Waals surface area contributed by atoms with Gasteiger partial charge in [0.25, 0.3) is 0 Å². The molecule has 2 heterocycles. The van der Waals surface area contributed by atoms with E-state index in [2.05, 4.69) is 26.8 Å². The molecular weight excluding hydrogens is 480 g/mol. The topological polar surface area (TPSA) is 78.9 Å². The van der Waals surface area contributed by atoms with Gasteiger partial charge in [0, 0.05) is 36.3 Å². The maximum Gasteiger partial charge on any atom is 0.333 e. The van der Waals surface area contributed by atoms with Crippen LogP contribution in [-0.4, -0.2) is 35.7 Å². The minimum Gasteiger partial charge on any atom is -0.462 e. The second kappa shape index (κ2) is 7.97. The Bertz CT molecular complexity index is 1150. The molecule has 2 spiro atoms. The highest BCUT2D eigenvalue weighted by molar-refractivity contribution is 5.88. The van der Waals surface area contributed by atoms with Crippen molar-refractivity contribution in [3.8, 4) is 0 Å². The first-order chi connectivity index (χ1) is 17.7. The summed E-state index contributed by atoms with van der Waals surface area (Å²) in [6.45, 7) is 14.6. The van der Waals surface area contributed by atoms with E-state index in [9.17, 15) is 14.4 Å². The van der Waals surface area contributed by atoms with Gasteiger partial charge in [-0.05, 0) is 93.3 Å². The Morgan fingerprint density at radius 3 is 2.53 bits per heavy atom. The maximum atomic E-state index is 12.6. The lowest BCUT2D eigenvalue weighted by Crippen LogP contribution is -2.60. The van der Waals surface area contributed by atoms with Crippen molar-refractivity contribution >= 4 is 17.9 Å². The van der Waals surface area contributed by atoms with Gasteiger partial charge >= 0.3 is 17.9 Å². The molecule has 208 valence electrons. The van der Waals surface area contributed by atoms with E-state index in [-0.39, 0.29) is 63.6 Å². The molecule has 0 bridgehead atoms. The highest BCUT2D eigenvalue weighted by Gasteiger charge is 2.83. The summed E-state index contributed by atoms with van der Waals surface area (Å²) in [5.41, 5.74) is 0.0558. The van der Waals surface area contributed by atoms with Crippen molar-refractivity contribution in [2.45, 2.75) is 111 Å². The molecule has 10 unspecified atom stereocenters. The molecule has 0 aromatic rings. The van der Waals surface area contributed by atoms with Crippen LogP contribution in [0.15, 0.2) is 23.8 Å². The Morgan fingerprint density at radius 1 is 1.11 bits per heavy atom. The molecule has 0 saturated heterocycles. The van der Waals surface area contributed by atoms with Crippen LogP contribution in [-0.2, 0) is 28.6 Å². The molecule has 4 saturated carbocycles. The van der Waals surface area contributed by atoms with E-state index in [1.54, 1.807) is 6.08 Å². The maximum absolute atomic E-state index is 12.6. The minimum absolute atomic E-state index is 0.0568. The third-order valence-electron chi connectivity index (χ3n) is 12.8. The molecule has 0 N–H and O–H groups in total. The first-order valence-corrected chi connectivity index (χ1v) is 14.7. The van der Waals surface area contributed by atoms with Gasteiger partial charge < -0.3 is 14.2 Å². The van der Waals surface area contributed by atoms with Crippen molar-refractivity contribution in [2.24, 2.45) is 45.3 Å². The first-order valence-electron chi connectivity index (χ1n) is 14.7. The van der Waals surface area contributed by atoms with Crippen molar-refractivity contribution in [3.63, 3.8) is 0 Å². The molecule has 0 aromatic heterocycles. The fraction of sp³-hybridized carbons (Fsp3) is 0.781. The average molecular weight is 525 g/mol. The molecule has 2 aliphatic heterocycles. The van der Waals surface area contributed by atoms with E-state index in [0.717, 1.165) is 44.9 Å². The molecule has 10 atom stereocenters. The smallest absolute Gasteiger partial charge is 0.333 e. The average Bonchev–Trinajstić information content (AvgIpc) is 3.42. The SMILES string of the molecule is CC(=O)OC1CC2C3(C)CCC(C(C)C4CC=C(C)C(=O)O4)C3(C)CCC23CC32C=CC(=O)OC(C)(C)C12. The lowest BCUT2D eigenvalue weighted by atomic mass is 9.43. The van der Waals surface area contributed by atoms with E-state index in [0.29, 0.717) is 17.4 Å². The number of rotatable bonds is 3. The molecule has 6 rings (SSSR count). The number of hydrogen-bond acceptors (Lipinski definition) is 6. The number of carbonyl (C=O) groups excluding carboxylic acids is 3. The second-order valence-corrected chi connectivity index (χ2v) is 14.6. The van der Waals surface area contributed by atoms with Crippen LogP contribution in [0.5, 0.6) is 0 Å². The van der Waals surface area contributed by atoms with Crippen molar-refractivity contribution in [3.05, 3.63) is 23.8 Å². The summed E-state index contributed by atoms with van der Waals surface area (Å²) in [5, 5.41) is 0. The predicted molar refractivity (Wildman–Crippen MR) is 142 cm³/mol. The van der Waals surface area contributed by atoms with E-state index in [4.69, 9.17) is 14.2 Å². The summed E-state index contributed by atoms with van der Waals surface area (Å²) in [7, 11) is 0. The van der Waals surface area contributed by atoms with Gasteiger partial charge in [-0.25, -0.2) is 9.59 Å². The molecule has 4 fully saturated rings. The van der Waals surface area contributed by atoms with E-state index in [1.807, 2.05) is 26.8 Å². The molecule has 6 heteroatoms. The van der Waals surface area contributed by atoms with Crippen LogP contribution < -0.4 is 0 Å². The van der Waals surface area contributed by atoms with Crippen LogP contribution in [0.3, 0.4) is 0 Å². The Labute approximate surface area is 226 Å². The van der Waals surface area contributed by atoms with Crippen molar-refractivity contribution in [1.29, 1.82) is 0 Å². The van der Waals surface area contributed by atoms with Crippen LogP contribution in [0.4, 0.5) is 0 Å². The predicted octanol–water partition coefficient (Wildman–Crippen LogP) is 5.94. The number of esters is 3. The van der Waals surface area contributed by atoms with Gasteiger partial charge in [0.05, 0.1) is 0 Å². The lowest BCUT2D eigenvalue weighted by Gasteiger charge is -2.62. The molecule has 0 aromatic carbocycles. The number of ether oxygens (including phenoxy) is 3. The number of cyclic esters (lactones) is 2. The van der Waals surface area contributed by atoms with Crippen LogP contribution >= 0.6 is 0 Å². The van der Waals surface area contributed by atoms with Crippen molar-refractivity contribution < 1.29 is 28.6 Å². The molecule has 4 aliphatic carbocycles. The van der Waals surface area contributed by atoms with Crippen LogP contribution in [0.25, 0.3) is 0 Å². The summed E-state index contributed by atoms with van der Waals surface area (Å²) in [6.07, 6.45) is 12.6. The van der Waals surface area contributed by atoms with Crippen molar-refractivity contribution in [2.75, 3.05) is 0 Å². The van der Waals surface area contributed by atoms with Gasteiger partial charge in [-0.2, -0.15) is 0 Å². The third-order valence-corrected chi connectivity index (χ3v) is 12.8. The number of allylic oxidation sites excluding steroid dienone is 1. The molecule has 6 nitrogen and oxygen atoms in total. The summed E-state index contributed by atoms with van der Waals surface area (Å²) >= 11 is 0. The third kappa shape index (κ3) is 3.21. The van der Waals surface area contributed by atoms with Gasteiger partial charge in [-0.3, -0.25) is 4.79 Å². The Morgan fingerprint density at radius 2 is 1.84 bits per heavy atom. The summed E-state index contributed by atoms with van der Waals surface area (Å²) in [6, 6.07) is 0. The van der Waals surface area contributed by atoms with E-state index < -0.39 is 5.60 Å². The van der Waals surface area contributed by atoms with Gasteiger partial charge in [-0.15, -0.1) is 0 Å². The van der Waals surface area contributed by atoms with Gasteiger partial charge in [0.2, 0.25) is 0 Å². The summed E-state index contributed by atoms with van der Waals surface area (Å²) in [5.74, 6) is 0.323. The monoisotopic (exact) mass is 524 g/mol. The number of hydrogen-bond donors (Lipinski definition) is 0. The lowest BCUT2D eigenvalue weighted by molar-refractivity contribution is -0.199. The molecular formula is C32H44O6. The van der Waals surface area contributed by atoms with Crippen LogP contribution in [0, 0.1) is 45.3 Å². The quantitative estimate of drug-likeness (QED) is 0.336. The largest absolute Gasteiger partial charge is 0.462 e. The highest BCUT2D eigenvalue weighted by atomic mass is 16.6. The second-order valence-electron chi connectivity index (χ2n) is 14.6. The molecule has 0 radical (unpaired) electrons. The standard InChI is InChI=1S/C32H44O6/c1-18-8-9-22(37-27(18)35)19(2)21-10-12-30(7)24-16-23(36-20(3)33)26-28(4,5)38-25(34)11-13-32(26)17-31(24,32)15-14-29(21,30)6/h8,11,13,19,21-24,26H,9-10,12,14-17H2,1-7H3. The number of fused-ring (bicyclic) bond motifs is 2. The normalized spacial score (nSPS) is 49.1. The van der Waals surface area contributed by atoms with Gasteiger partial charge in [-0.1, -0.05) is 32.9 Å². The highest BCUT2D eigenvalue weighted by Crippen LogP contribution is 2.87. The first kappa shape index (κ1) is 26.1. The van der Waals surface area contributed by atoms with Crippen LogP contribution in [0.1, 0.15) is 93.4 Å². The van der Waals surface area contributed by atoms with Gasteiger partial charge in [0.15, 0.2) is 0 Å². The van der Waals surface area contributed by atoms with Gasteiger partial charge in [0.1, 0.15) is 17.8 Å². The fourth-order valence-electron chi connectivity index (χ4n) is 11.0. The Kier molecular flexibility index (Phi) is 5.48. The zero-order chi connectivity index (χ0) is 27.5. The fourth-order valence-corrected chi connectivity index (χ4v) is 11.0. The zero-order valence-electron chi connectivity index (χ0n) is 24.1. The minimum atomic E-state index is -0.722. The van der Waals surface area contributed by atoms with Crippen LogP contribution in [0.2, 0.25) is 0 Å². The van der Waals surface area contributed by atoms with E-state index in [1.165, 1.54) is 6.92 Å². The number of carbonyl (C=O) groups is 3. The molecule has 38 heavy (non-hydrogen) atoms. The van der Waals surface area contributed by atoms with Crippen molar-refractivity contribution in [1.82, 2.24) is 0 Å². The Hall–Kier alpha value is -2.11. The zero-order valence-corrected chi connectivity index (χ0v) is 24.1. The summed E-state index contributed by atoms with van der Waals surface area (Å²) in [4.78, 5) is 37.4. The summed E-state index contributed by atoms with van der Waals surface area (Å²) < 4.78 is 18.0. The van der Waals surface area contributed by atoms with E-state index >= 15 is 0 Å². The molecule has 0 amide bonds. The molecule has 6 aliphatic rings. The Balaban J connectivity index is 1.38.